The number of rotatable bonds is 30. The highest BCUT2D eigenvalue weighted by Gasteiger charge is 2.20. The van der Waals surface area contributed by atoms with E-state index in [2.05, 4.69) is 72.9 Å². The smallest absolute Gasteiger partial charge is 0.418 e. The maximum atomic E-state index is 13.1. The summed E-state index contributed by atoms with van der Waals surface area (Å²) in [6.07, 6.45) is 7.15. The Hall–Kier alpha value is -10.2. The number of amides is 1. The van der Waals surface area contributed by atoms with Gasteiger partial charge in [0.05, 0.1) is 26.7 Å². The summed E-state index contributed by atoms with van der Waals surface area (Å²) in [4.78, 5) is 48.3. The van der Waals surface area contributed by atoms with Crippen molar-refractivity contribution in [2.24, 2.45) is 5.16 Å². The van der Waals surface area contributed by atoms with E-state index in [1.165, 1.54) is 32.4 Å². The van der Waals surface area contributed by atoms with Gasteiger partial charge < -0.3 is 57.3 Å². The molecule has 1 amide bonds. The molecule has 0 aliphatic rings. The number of terminal acetylenes is 1. The molecule has 0 aliphatic carbocycles. The highest BCUT2D eigenvalue weighted by atomic mass is 35.5. The summed E-state index contributed by atoms with van der Waals surface area (Å²) < 4.78 is 84.7. The second-order valence-corrected chi connectivity index (χ2v) is 24.1. The molecule has 28 nitrogen and oxygen atoms in total. The van der Waals surface area contributed by atoms with Crippen LogP contribution < -0.4 is 47.9 Å². The van der Waals surface area contributed by atoms with Gasteiger partial charge in [-0.3, -0.25) is 23.2 Å². The number of ketones is 1. The lowest BCUT2D eigenvalue weighted by Gasteiger charge is -2.10. The van der Waals surface area contributed by atoms with Crippen molar-refractivity contribution in [1.29, 1.82) is 0 Å². The third-order valence-corrected chi connectivity index (χ3v) is 15.2. The van der Waals surface area contributed by atoms with E-state index < -0.39 is 11.7 Å². The van der Waals surface area contributed by atoms with Gasteiger partial charge in [0.25, 0.3) is 5.19 Å². The molecule has 0 bridgehead atoms. The molecule has 11 aromatic rings. The molecule has 5 aromatic heterocycles. The number of hydrogen-bond acceptors (Lipinski definition) is 28. The van der Waals surface area contributed by atoms with Gasteiger partial charge in [-0.2, -0.15) is 29.3 Å². The number of ether oxygens (including phenoxy) is 9. The zero-order valence-corrected chi connectivity index (χ0v) is 63.0. The Bertz CT molecular complexity index is 4730. The van der Waals surface area contributed by atoms with Crippen molar-refractivity contribution < 1.29 is 79.5 Å². The first-order valence-corrected chi connectivity index (χ1v) is 34.3. The number of aryl methyl sites for hydroxylation is 1. The lowest BCUT2D eigenvalue weighted by molar-refractivity contribution is -0.112. The number of nitrogens with zero attached hydrogens (tertiary/aromatic N) is 11. The Morgan fingerprint density at radius 3 is 1.51 bits per heavy atom. The SMILES string of the molecule is C#CCOc1nc(COc2ccc(Cl)cc2Cl)no1.C=CCOc1nc(COc2ccc(Cl)cc2C)no1.CCC(=O)/C(=N/OC)c1ccccc1COc1nc(COc2ccc(F)cc2Cl)ns1.CCOc1nc(COc2ccc(Cl)cc2Cl)no1.CNC(=O)c1nc(COc2ccc(Cl)cc2Cl)no1. The maximum absolute atomic E-state index is 13.1. The van der Waals surface area contributed by atoms with Crippen LogP contribution in [0.25, 0.3) is 0 Å². The fraction of sp³-hybridized carbons (Fsp3) is 0.221. The number of oxime groups is 1. The largest absolute Gasteiger partial charge is 0.485 e. The Morgan fingerprint density at radius 1 is 0.566 bits per heavy atom. The first-order valence-electron chi connectivity index (χ1n) is 30.5. The van der Waals surface area contributed by atoms with E-state index in [9.17, 15) is 14.0 Å². The average Bonchev–Trinajstić information content (AvgIpc) is 0.953. The Balaban J connectivity index is 0.000000188. The number of benzene rings is 6. The standard InChI is InChI=1S/C21H19ClFN3O4S.C13H13ClN2O3.C12H8Cl2N2O3.C11H9Cl2N3O3.C11H10Cl2N2O3/c1-3-17(27)20(25-28-2)15-7-5-4-6-13(15)11-30-21-24-19(26-31-21)12-29-18-9-8-14(23)10-16(18)22;1-3-6-17-13-15-12(16-19-13)8-18-11-5-4-10(14)7-9(11)2;1-2-5-17-12-15-11(16-19-12)7-18-10-4-3-8(13)6-9(10)14;1-14-10(17)11-15-9(16-19-11)5-18-8-3-2-6(12)4-7(8)13;1-2-16-11-14-10(15-18-11)6-17-9-4-3-7(12)5-8(9)13/h4-10H,3,11-12H2,1-2H3;3-5,7H,1,6,8H2,2H3;1,3-4,6H,5,7H2;2-4H,5H2,1H3,(H,14,17);3-5H,2,6H2,1H3/b25-20+;;;;. The number of hydrogen-bond donors (Lipinski definition) is 1. The molecule has 0 spiro atoms. The normalized spacial score (nSPS) is 10.5. The van der Waals surface area contributed by atoms with Crippen LogP contribution in [0.3, 0.4) is 0 Å². The van der Waals surface area contributed by atoms with Crippen LogP contribution >= 0.6 is 104 Å². The fourth-order valence-corrected chi connectivity index (χ4v) is 10.0. The maximum Gasteiger partial charge on any atom is 0.418 e. The van der Waals surface area contributed by atoms with E-state index in [4.69, 9.17) is 165 Å². The molecular weight excluding hydrogens is 1580 g/mol. The molecule has 6 aromatic carbocycles. The molecular formula is C68H59Cl8FN12O16S. The van der Waals surface area contributed by atoms with Gasteiger partial charge in [0.1, 0.15) is 61.5 Å². The Labute approximate surface area is 648 Å². The van der Waals surface area contributed by atoms with Crippen molar-refractivity contribution in [3.8, 4) is 64.5 Å². The molecule has 0 atom stereocenters. The Kier molecular flexibility index (Phi) is 34.4. The van der Waals surface area contributed by atoms with Gasteiger partial charge in [-0.15, -0.1) is 6.42 Å². The first-order chi connectivity index (χ1) is 51.2. The predicted octanol–water partition coefficient (Wildman–Crippen LogP) is 16.6. The zero-order chi connectivity index (χ0) is 76.3. The van der Waals surface area contributed by atoms with Crippen molar-refractivity contribution in [2.45, 2.75) is 66.8 Å². The van der Waals surface area contributed by atoms with Gasteiger partial charge in [0.15, 0.2) is 50.4 Å². The van der Waals surface area contributed by atoms with Gasteiger partial charge in [0.2, 0.25) is 23.3 Å². The van der Waals surface area contributed by atoms with E-state index in [1.807, 2.05) is 38.1 Å². The third kappa shape index (κ3) is 27.7. The zero-order valence-electron chi connectivity index (χ0n) is 56.2. The second kappa shape index (κ2) is 43.9. The lowest BCUT2D eigenvalue weighted by atomic mass is 10.00. The minimum atomic E-state index is -0.455. The highest BCUT2D eigenvalue weighted by Crippen LogP contribution is 2.32. The van der Waals surface area contributed by atoms with Gasteiger partial charge in [-0.25, -0.2) is 4.39 Å². The van der Waals surface area contributed by atoms with E-state index in [0.717, 1.165) is 28.4 Å². The van der Waals surface area contributed by atoms with Crippen molar-refractivity contribution in [3.63, 3.8) is 0 Å². The molecule has 106 heavy (non-hydrogen) atoms. The molecule has 1 N–H and O–H groups in total. The summed E-state index contributed by atoms with van der Waals surface area (Å²) in [7, 11) is 2.86. The van der Waals surface area contributed by atoms with Crippen molar-refractivity contribution in [2.75, 3.05) is 34.0 Å². The molecule has 0 unspecified atom stereocenters. The Morgan fingerprint density at radius 2 is 1.03 bits per heavy atom. The molecule has 5 heterocycles. The molecule has 0 radical (unpaired) electrons. The third-order valence-electron chi connectivity index (χ3n) is 12.4. The summed E-state index contributed by atoms with van der Waals surface area (Å²) in [5.74, 6) is 5.35. The van der Waals surface area contributed by atoms with Crippen molar-refractivity contribution in [3.05, 3.63) is 226 Å². The van der Waals surface area contributed by atoms with Crippen LogP contribution in [0.1, 0.15) is 76.8 Å². The van der Waals surface area contributed by atoms with Crippen LogP contribution in [0.4, 0.5) is 4.39 Å². The lowest BCUT2D eigenvalue weighted by Crippen LogP contribution is -2.18. The number of nitrogens with one attached hydrogen (secondary N) is 1. The highest BCUT2D eigenvalue weighted by molar-refractivity contribution is 7.07. The molecule has 556 valence electrons. The van der Waals surface area contributed by atoms with Crippen LogP contribution in [-0.4, -0.2) is 101 Å². The quantitative estimate of drug-likeness (QED) is 0.0189. The van der Waals surface area contributed by atoms with E-state index in [-0.39, 0.29) is 92.7 Å². The predicted molar refractivity (Wildman–Crippen MR) is 390 cm³/mol. The molecule has 38 heteroatoms. The van der Waals surface area contributed by atoms with Crippen LogP contribution in [0.5, 0.6) is 52.2 Å². The van der Waals surface area contributed by atoms with Crippen LogP contribution in [-0.2, 0) is 49.3 Å². The number of carbonyl (C=O) groups excluding carboxylic acids is 2. The summed E-state index contributed by atoms with van der Waals surface area (Å²) in [5, 5.41) is 24.9. The first kappa shape index (κ1) is 83.1. The summed E-state index contributed by atoms with van der Waals surface area (Å²) in [5.41, 5.74) is 2.58. The van der Waals surface area contributed by atoms with E-state index >= 15 is 0 Å². The molecule has 0 fully saturated rings. The summed E-state index contributed by atoms with van der Waals surface area (Å²) >= 11 is 48.0. The minimum absolute atomic E-state index is 0.00115. The number of halogens is 9. The van der Waals surface area contributed by atoms with Crippen molar-refractivity contribution in [1.82, 2.24) is 55.2 Å². The van der Waals surface area contributed by atoms with Crippen LogP contribution in [0, 0.1) is 25.1 Å². The average molecular weight is 1630 g/mol. The second-order valence-electron chi connectivity index (χ2n) is 20.0. The van der Waals surface area contributed by atoms with E-state index in [0.29, 0.717) is 112 Å². The summed E-state index contributed by atoms with van der Waals surface area (Å²) in [6, 6.07) is 31.2. The molecule has 0 saturated carbocycles. The molecule has 11 rings (SSSR count). The molecule has 0 saturated heterocycles. The number of carbonyl (C=O) groups is 2. The van der Waals surface area contributed by atoms with Gasteiger partial charge in [-0.1, -0.05) is 168 Å². The monoisotopic (exact) mass is 1630 g/mol. The summed E-state index contributed by atoms with van der Waals surface area (Å²) in [6.45, 7) is 10.5. The van der Waals surface area contributed by atoms with E-state index in [1.54, 1.807) is 85.8 Å². The van der Waals surface area contributed by atoms with Gasteiger partial charge in [0, 0.05) is 50.7 Å². The van der Waals surface area contributed by atoms with Crippen LogP contribution in [0.15, 0.2) is 151 Å². The van der Waals surface area contributed by atoms with Gasteiger partial charge in [-0.05, 0) is 116 Å². The van der Waals surface area contributed by atoms with Crippen molar-refractivity contribution >= 4 is 122 Å². The number of aromatic nitrogens is 10. The number of Topliss-reactive ketones (excluding diaryl/α,β-unsaturated/α-hetero) is 1. The topological polar surface area (TPSA) is 332 Å². The minimum Gasteiger partial charge on any atom is -0.485 e. The fourth-order valence-electron chi connectivity index (χ4n) is 7.67. The van der Waals surface area contributed by atoms with Crippen LogP contribution in [0.2, 0.25) is 40.2 Å². The molecule has 0 aliphatic heterocycles. The van der Waals surface area contributed by atoms with Gasteiger partial charge >= 0.3 is 30.0 Å².